The Kier molecular flexibility index (Phi) is 6.22. The van der Waals surface area contributed by atoms with E-state index in [2.05, 4.69) is 182 Å². The van der Waals surface area contributed by atoms with Gasteiger partial charge in [0.15, 0.2) is 0 Å². The van der Waals surface area contributed by atoms with E-state index in [1.54, 1.807) is 0 Å². The summed E-state index contributed by atoms with van der Waals surface area (Å²) in [6, 6.07) is 67.4. The van der Waals surface area contributed by atoms with Gasteiger partial charge in [0.25, 0.3) is 0 Å². The first kappa shape index (κ1) is 28.5. The zero-order chi connectivity index (χ0) is 33.5. The van der Waals surface area contributed by atoms with E-state index in [0.717, 1.165) is 0 Å². The summed E-state index contributed by atoms with van der Waals surface area (Å²) in [5.41, 5.74) is 7.58. The fourth-order valence-electron chi connectivity index (χ4n) is 8.52. The summed E-state index contributed by atoms with van der Waals surface area (Å²) >= 11 is 1.92. The quantitative estimate of drug-likeness (QED) is 0.165. The number of fused-ring (bicyclic) bond motifs is 10. The molecule has 0 atom stereocenters. The Hall–Kier alpha value is -6.28. The highest BCUT2D eigenvalue weighted by atomic mass is 32.1. The highest BCUT2D eigenvalue weighted by Crippen LogP contribution is 2.47. The zero-order valence-corrected chi connectivity index (χ0v) is 28.5. The summed E-state index contributed by atoms with van der Waals surface area (Å²) in [6.45, 7) is 0. The fourth-order valence-corrected chi connectivity index (χ4v) is 9.81. The lowest BCUT2D eigenvalue weighted by Crippen LogP contribution is -1.91. The molecule has 0 radical (unpaired) electrons. The first-order chi connectivity index (χ1) is 25.3. The standard InChI is InChI=1S/C50H30S/c1-2-13-35-29-36(26-21-31(35)11-1)48-42-19-9-7-17-40(42)47(41-18-8-10-20-43(41)48)34-24-22-33(23-25-34)45-30-46-49(39-16-6-5-15-38(39)45)44-28-27-32-12-3-4-14-37(32)50(44)51-46/h1-30H. The second kappa shape index (κ2) is 11.1. The lowest BCUT2D eigenvalue weighted by atomic mass is 9.85. The van der Waals surface area contributed by atoms with Crippen LogP contribution in [0.3, 0.4) is 0 Å². The predicted octanol–water partition coefficient (Wildman–Crippen LogP) is 14.8. The normalized spacial score (nSPS) is 11.9. The van der Waals surface area contributed by atoms with Crippen molar-refractivity contribution in [3.05, 3.63) is 182 Å². The van der Waals surface area contributed by atoms with Crippen LogP contribution in [0.4, 0.5) is 0 Å². The molecule has 0 bridgehead atoms. The summed E-state index contributed by atoms with van der Waals surface area (Å²) in [7, 11) is 0. The lowest BCUT2D eigenvalue weighted by Gasteiger charge is -2.18. The average Bonchev–Trinajstić information content (AvgIpc) is 3.59. The largest absolute Gasteiger partial charge is 0.134 e. The molecule has 0 aliphatic carbocycles. The van der Waals surface area contributed by atoms with Crippen molar-refractivity contribution < 1.29 is 0 Å². The van der Waals surface area contributed by atoms with Crippen molar-refractivity contribution in [3.63, 3.8) is 0 Å². The minimum Gasteiger partial charge on any atom is -0.134 e. The lowest BCUT2D eigenvalue weighted by molar-refractivity contribution is 1.64. The molecular formula is C50H30S. The molecule has 1 aromatic heterocycles. The van der Waals surface area contributed by atoms with Crippen LogP contribution in [0.1, 0.15) is 0 Å². The molecule has 0 N–H and O–H groups in total. The molecule has 10 aromatic carbocycles. The summed E-state index contributed by atoms with van der Waals surface area (Å²) in [5, 5.41) is 15.6. The first-order valence-corrected chi connectivity index (χ1v) is 18.4. The SMILES string of the molecule is c1ccc2cc(-c3c4ccccc4c(-c4ccc(-c5cc6sc7c8ccccc8ccc7c6c6ccccc56)cc4)c4ccccc34)ccc2c1. The first-order valence-electron chi connectivity index (χ1n) is 17.6. The monoisotopic (exact) mass is 662 g/mol. The Morgan fingerprint density at radius 3 is 1.47 bits per heavy atom. The van der Waals surface area contributed by atoms with Gasteiger partial charge < -0.3 is 0 Å². The van der Waals surface area contributed by atoms with Crippen LogP contribution in [0.5, 0.6) is 0 Å². The van der Waals surface area contributed by atoms with Crippen molar-refractivity contribution in [2.75, 3.05) is 0 Å². The maximum absolute atomic E-state index is 2.43. The van der Waals surface area contributed by atoms with Crippen LogP contribution < -0.4 is 0 Å². The Labute approximate surface area is 299 Å². The van der Waals surface area contributed by atoms with Crippen LogP contribution in [0.15, 0.2) is 182 Å². The molecule has 0 amide bonds. The molecule has 11 aromatic rings. The van der Waals surface area contributed by atoms with Gasteiger partial charge in [0.1, 0.15) is 0 Å². The Morgan fingerprint density at radius 1 is 0.294 bits per heavy atom. The average molecular weight is 663 g/mol. The number of thiophene rings is 1. The summed E-state index contributed by atoms with van der Waals surface area (Å²) in [4.78, 5) is 0. The summed E-state index contributed by atoms with van der Waals surface area (Å²) in [6.07, 6.45) is 0. The summed E-state index contributed by atoms with van der Waals surface area (Å²) < 4.78 is 2.70. The molecular weight excluding hydrogens is 633 g/mol. The molecule has 236 valence electrons. The molecule has 0 unspecified atom stereocenters. The van der Waals surface area contributed by atoms with Gasteiger partial charge in [0, 0.05) is 20.2 Å². The minimum atomic E-state index is 1.23. The van der Waals surface area contributed by atoms with E-state index in [1.165, 1.54) is 107 Å². The van der Waals surface area contributed by atoms with Gasteiger partial charge in [0.2, 0.25) is 0 Å². The van der Waals surface area contributed by atoms with Crippen LogP contribution in [0, 0.1) is 0 Å². The van der Waals surface area contributed by atoms with Crippen LogP contribution in [-0.4, -0.2) is 0 Å². The molecule has 0 saturated heterocycles. The van der Waals surface area contributed by atoms with E-state index in [-0.39, 0.29) is 0 Å². The van der Waals surface area contributed by atoms with Crippen molar-refractivity contribution in [2.24, 2.45) is 0 Å². The van der Waals surface area contributed by atoms with E-state index >= 15 is 0 Å². The van der Waals surface area contributed by atoms with Crippen molar-refractivity contribution in [2.45, 2.75) is 0 Å². The van der Waals surface area contributed by atoms with Gasteiger partial charge in [-0.15, -0.1) is 11.3 Å². The van der Waals surface area contributed by atoms with Crippen molar-refractivity contribution >= 4 is 85.4 Å². The van der Waals surface area contributed by atoms with Crippen molar-refractivity contribution in [1.29, 1.82) is 0 Å². The predicted molar refractivity (Wildman–Crippen MR) is 223 cm³/mol. The molecule has 1 heteroatoms. The maximum atomic E-state index is 2.43. The van der Waals surface area contributed by atoms with Gasteiger partial charge in [-0.2, -0.15) is 0 Å². The number of rotatable bonds is 3. The second-order valence-corrected chi connectivity index (χ2v) is 14.6. The number of hydrogen-bond donors (Lipinski definition) is 0. The van der Waals surface area contributed by atoms with E-state index in [1.807, 2.05) is 11.3 Å². The van der Waals surface area contributed by atoms with Gasteiger partial charge in [-0.1, -0.05) is 170 Å². The van der Waals surface area contributed by atoms with Gasteiger partial charge in [-0.05, 0) is 99.4 Å². The van der Waals surface area contributed by atoms with Crippen molar-refractivity contribution in [1.82, 2.24) is 0 Å². The Morgan fingerprint density at radius 2 is 0.784 bits per heavy atom. The van der Waals surface area contributed by atoms with E-state index in [4.69, 9.17) is 0 Å². The Bertz CT molecular complexity index is 3120. The van der Waals surface area contributed by atoms with Gasteiger partial charge in [0.05, 0.1) is 0 Å². The van der Waals surface area contributed by atoms with E-state index in [0.29, 0.717) is 0 Å². The van der Waals surface area contributed by atoms with Crippen LogP contribution >= 0.6 is 11.3 Å². The molecule has 1 heterocycles. The van der Waals surface area contributed by atoms with Crippen LogP contribution in [-0.2, 0) is 0 Å². The fraction of sp³-hybridized carbons (Fsp3) is 0. The summed E-state index contributed by atoms with van der Waals surface area (Å²) in [5.74, 6) is 0. The molecule has 0 aliphatic rings. The third kappa shape index (κ3) is 4.32. The molecule has 0 fully saturated rings. The topological polar surface area (TPSA) is 0 Å². The van der Waals surface area contributed by atoms with E-state index < -0.39 is 0 Å². The Balaban J connectivity index is 1.11. The van der Waals surface area contributed by atoms with Crippen molar-refractivity contribution in [3.8, 4) is 33.4 Å². The molecule has 51 heavy (non-hydrogen) atoms. The molecule has 0 saturated carbocycles. The van der Waals surface area contributed by atoms with Gasteiger partial charge >= 0.3 is 0 Å². The molecule has 11 rings (SSSR count). The van der Waals surface area contributed by atoms with Crippen LogP contribution in [0.25, 0.3) is 107 Å². The van der Waals surface area contributed by atoms with Gasteiger partial charge in [-0.25, -0.2) is 0 Å². The third-order valence-corrected chi connectivity index (χ3v) is 12.0. The highest BCUT2D eigenvalue weighted by molar-refractivity contribution is 7.27. The highest BCUT2D eigenvalue weighted by Gasteiger charge is 2.18. The smallest absolute Gasteiger partial charge is 0.0434 e. The molecule has 0 aliphatic heterocycles. The van der Waals surface area contributed by atoms with Crippen LogP contribution in [0.2, 0.25) is 0 Å². The number of benzene rings is 10. The zero-order valence-electron chi connectivity index (χ0n) is 27.7. The van der Waals surface area contributed by atoms with E-state index in [9.17, 15) is 0 Å². The van der Waals surface area contributed by atoms with Gasteiger partial charge in [-0.3, -0.25) is 0 Å². The maximum Gasteiger partial charge on any atom is 0.0434 e. The minimum absolute atomic E-state index is 1.23. The molecule has 0 nitrogen and oxygen atoms in total. The number of hydrogen-bond acceptors (Lipinski definition) is 1. The third-order valence-electron chi connectivity index (χ3n) is 10.8. The molecule has 0 spiro atoms. The second-order valence-electron chi connectivity index (χ2n) is 13.6.